The zero-order valence-corrected chi connectivity index (χ0v) is 16.9. The van der Waals surface area contributed by atoms with Crippen molar-refractivity contribution in [3.05, 3.63) is 51.4 Å². The van der Waals surface area contributed by atoms with E-state index in [0.717, 1.165) is 60.2 Å². The molecule has 0 saturated carbocycles. The lowest BCUT2D eigenvalue weighted by atomic mass is 9.97. The van der Waals surface area contributed by atoms with Crippen molar-refractivity contribution in [2.45, 2.75) is 26.3 Å². The number of carbonyl (C=O) groups is 1. The Hall–Kier alpha value is -1.96. The van der Waals surface area contributed by atoms with Crippen LogP contribution in [0.25, 0.3) is 10.8 Å². The fraction of sp³-hybridized carbons (Fsp3) is 0.400. The molecule has 0 unspecified atom stereocenters. The predicted octanol–water partition coefficient (Wildman–Crippen LogP) is 4.42. The van der Waals surface area contributed by atoms with Crippen LogP contribution >= 0.6 is 22.7 Å². The number of nitrogens with zero attached hydrogens (tertiary/aromatic N) is 2. The quantitative estimate of drug-likeness (QED) is 0.664. The number of oxazole rings is 1. The number of likely N-dealkylation sites (tertiary alicyclic amines) is 1. The smallest absolute Gasteiger partial charge is 0.261 e. The molecule has 1 aliphatic heterocycles. The maximum absolute atomic E-state index is 12.1. The van der Waals surface area contributed by atoms with Crippen LogP contribution in [0.2, 0.25) is 0 Å². The summed E-state index contributed by atoms with van der Waals surface area (Å²) in [5.74, 6) is 2.13. The molecule has 4 heterocycles. The van der Waals surface area contributed by atoms with Gasteiger partial charge in [0, 0.05) is 19.6 Å². The first-order valence-corrected chi connectivity index (χ1v) is 11.0. The summed E-state index contributed by atoms with van der Waals surface area (Å²) in [7, 11) is 0. The van der Waals surface area contributed by atoms with Crippen molar-refractivity contribution in [1.82, 2.24) is 15.2 Å². The van der Waals surface area contributed by atoms with Gasteiger partial charge in [0.05, 0.1) is 15.4 Å². The number of hydrogen-bond donors (Lipinski definition) is 1. The van der Waals surface area contributed by atoms with Gasteiger partial charge < -0.3 is 9.73 Å². The Morgan fingerprint density at radius 1 is 1.33 bits per heavy atom. The van der Waals surface area contributed by atoms with E-state index in [1.54, 1.807) is 11.3 Å². The maximum Gasteiger partial charge on any atom is 0.261 e. The molecular formula is C20H23N3O2S2. The Morgan fingerprint density at radius 2 is 2.19 bits per heavy atom. The minimum Gasteiger partial charge on any atom is -0.440 e. The number of nitrogens with one attached hydrogen (secondary N) is 1. The van der Waals surface area contributed by atoms with E-state index in [1.807, 2.05) is 41.9 Å². The highest BCUT2D eigenvalue weighted by Gasteiger charge is 2.23. The molecule has 142 valence electrons. The van der Waals surface area contributed by atoms with Crippen molar-refractivity contribution in [3.63, 3.8) is 0 Å². The van der Waals surface area contributed by atoms with E-state index in [1.165, 1.54) is 11.3 Å². The van der Waals surface area contributed by atoms with E-state index < -0.39 is 0 Å². The van der Waals surface area contributed by atoms with Crippen molar-refractivity contribution in [1.29, 1.82) is 0 Å². The SMILES string of the molecule is Cc1oc(-c2cccs2)nc1CN1CCC[C@@H](CNC(=O)c2cccs2)C1. The third kappa shape index (κ3) is 4.48. The number of amides is 1. The van der Waals surface area contributed by atoms with Crippen LogP contribution in [0.15, 0.2) is 39.4 Å². The van der Waals surface area contributed by atoms with Gasteiger partial charge >= 0.3 is 0 Å². The average molecular weight is 402 g/mol. The largest absolute Gasteiger partial charge is 0.440 e. The van der Waals surface area contributed by atoms with Crippen molar-refractivity contribution >= 4 is 28.6 Å². The standard InChI is InChI=1S/C20H23N3O2S2/c1-14-16(22-20(25-14)18-7-4-10-27-18)13-23-8-2-5-15(12-23)11-21-19(24)17-6-3-9-26-17/h3-4,6-7,9-10,15H,2,5,8,11-13H2,1H3,(H,21,24)/t15-/m0/s1. The summed E-state index contributed by atoms with van der Waals surface area (Å²) < 4.78 is 5.86. The highest BCUT2D eigenvalue weighted by Crippen LogP contribution is 2.27. The van der Waals surface area contributed by atoms with Gasteiger partial charge in [-0.1, -0.05) is 12.1 Å². The predicted molar refractivity (Wildman–Crippen MR) is 109 cm³/mol. The van der Waals surface area contributed by atoms with E-state index >= 15 is 0 Å². The number of hydrogen-bond acceptors (Lipinski definition) is 6. The number of piperidine rings is 1. The Morgan fingerprint density at radius 3 is 2.96 bits per heavy atom. The molecular weight excluding hydrogens is 378 g/mol. The molecule has 0 spiro atoms. The molecule has 1 aliphatic rings. The molecule has 7 heteroatoms. The van der Waals surface area contributed by atoms with Gasteiger partial charge in [-0.15, -0.1) is 22.7 Å². The molecule has 1 saturated heterocycles. The van der Waals surface area contributed by atoms with Crippen LogP contribution in [0.5, 0.6) is 0 Å². The van der Waals surface area contributed by atoms with Crippen LogP contribution in [0.1, 0.15) is 34.0 Å². The highest BCUT2D eigenvalue weighted by atomic mass is 32.1. The van der Waals surface area contributed by atoms with Crippen LogP contribution in [-0.2, 0) is 6.54 Å². The Labute approximate surface area is 167 Å². The first-order chi connectivity index (χ1) is 13.2. The zero-order chi connectivity index (χ0) is 18.6. The fourth-order valence-corrected chi connectivity index (χ4v) is 4.77. The molecule has 3 aromatic heterocycles. The molecule has 0 bridgehead atoms. The van der Waals surface area contributed by atoms with Crippen molar-refractivity contribution in [2.24, 2.45) is 5.92 Å². The van der Waals surface area contributed by atoms with Crippen LogP contribution in [0, 0.1) is 12.8 Å². The summed E-state index contributed by atoms with van der Waals surface area (Å²) in [5, 5.41) is 7.05. The first kappa shape index (κ1) is 18.4. The van der Waals surface area contributed by atoms with Crippen molar-refractivity contribution in [2.75, 3.05) is 19.6 Å². The summed E-state index contributed by atoms with van der Waals surface area (Å²) in [6.07, 6.45) is 2.30. The molecule has 27 heavy (non-hydrogen) atoms. The van der Waals surface area contributed by atoms with E-state index in [0.29, 0.717) is 11.8 Å². The third-order valence-corrected chi connectivity index (χ3v) is 6.62. The molecule has 0 aliphatic carbocycles. The molecule has 5 nitrogen and oxygen atoms in total. The fourth-order valence-electron chi connectivity index (χ4n) is 3.49. The zero-order valence-electron chi connectivity index (χ0n) is 15.3. The molecule has 1 N–H and O–H groups in total. The van der Waals surface area contributed by atoms with Crippen LogP contribution in [0.3, 0.4) is 0 Å². The van der Waals surface area contributed by atoms with Gasteiger partial charge in [0.2, 0.25) is 5.89 Å². The number of thiophene rings is 2. The van der Waals surface area contributed by atoms with Crippen molar-refractivity contribution in [3.8, 4) is 10.8 Å². The van der Waals surface area contributed by atoms with Gasteiger partial charge in [0.25, 0.3) is 5.91 Å². The second-order valence-corrected chi connectivity index (χ2v) is 8.83. The van der Waals surface area contributed by atoms with Gasteiger partial charge in [-0.05, 0) is 55.1 Å². The molecule has 1 fully saturated rings. The minimum atomic E-state index is 0.0371. The Kier molecular flexibility index (Phi) is 5.71. The van der Waals surface area contributed by atoms with E-state index in [4.69, 9.17) is 9.40 Å². The van der Waals surface area contributed by atoms with Gasteiger partial charge in [0.15, 0.2) is 0 Å². The number of carbonyl (C=O) groups excluding carboxylic acids is 1. The number of aryl methyl sites for hydroxylation is 1. The number of rotatable bonds is 6. The molecule has 1 atom stereocenters. The van der Waals surface area contributed by atoms with Gasteiger partial charge in [-0.2, -0.15) is 0 Å². The highest BCUT2D eigenvalue weighted by molar-refractivity contribution is 7.13. The lowest BCUT2D eigenvalue weighted by Crippen LogP contribution is -2.40. The van der Waals surface area contributed by atoms with Gasteiger partial charge in [-0.25, -0.2) is 4.98 Å². The van der Waals surface area contributed by atoms with E-state index in [2.05, 4.69) is 10.2 Å². The normalized spacial score (nSPS) is 17.9. The van der Waals surface area contributed by atoms with Gasteiger partial charge in [-0.3, -0.25) is 9.69 Å². The molecule has 0 radical (unpaired) electrons. The molecule has 4 rings (SSSR count). The van der Waals surface area contributed by atoms with Gasteiger partial charge in [0.1, 0.15) is 5.76 Å². The molecule has 3 aromatic rings. The maximum atomic E-state index is 12.1. The molecule has 0 aromatic carbocycles. The topological polar surface area (TPSA) is 58.4 Å². The number of aromatic nitrogens is 1. The lowest BCUT2D eigenvalue weighted by molar-refractivity contribution is 0.0934. The summed E-state index contributed by atoms with van der Waals surface area (Å²) >= 11 is 3.13. The first-order valence-electron chi connectivity index (χ1n) is 9.23. The van der Waals surface area contributed by atoms with E-state index in [9.17, 15) is 4.79 Å². The lowest BCUT2D eigenvalue weighted by Gasteiger charge is -2.32. The van der Waals surface area contributed by atoms with Crippen LogP contribution in [-0.4, -0.2) is 35.4 Å². The second kappa shape index (κ2) is 8.37. The van der Waals surface area contributed by atoms with Crippen molar-refractivity contribution < 1.29 is 9.21 Å². The summed E-state index contributed by atoms with van der Waals surface area (Å²) in [5.41, 5.74) is 1.02. The second-order valence-electron chi connectivity index (χ2n) is 6.93. The minimum absolute atomic E-state index is 0.0371. The third-order valence-electron chi connectivity index (χ3n) is 4.90. The molecule has 1 amide bonds. The Bertz CT molecular complexity index is 871. The van der Waals surface area contributed by atoms with Crippen LogP contribution in [0.4, 0.5) is 0 Å². The van der Waals surface area contributed by atoms with E-state index in [-0.39, 0.29) is 5.91 Å². The van der Waals surface area contributed by atoms with Crippen LogP contribution < -0.4 is 5.32 Å². The summed E-state index contributed by atoms with van der Waals surface area (Å²) in [6, 6.07) is 7.82. The monoisotopic (exact) mass is 401 g/mol. The Balaban J connectivity index is 1.33. The average Bonchev–Trinajstić information content (AvgIpc) is 3.43. The summed E-state index contributed by atoms with van der Waals surface area (Å²) in [6.45, 7) is 5.56. The summed E-state index contributed by atoms with van der Waals surface area (Å²) in [4.78, 5) is 21.1.